The SMILES string of the molecule is COc1ccc(OC)c(NC(=O)Nc2ccc(C)c(S(=O)(=O)N(C)C)c2)c1. The van der Waals surface area contributed by atoms with Gasteiger partial charge < -0.3 is 20.1 Å². The number of carbonyl (C=O) groups excluding carboxylic acids is 1. The van der Waals surface area contributed by atoms with Gasteiger partial charge in [-0.05, 0) is 36.8 Å². The quantitative estimate of drug-likeness (QED) is 0.787. The van der Waals surface area contributed by atoms with E-state index in [2.05, 4.69) is 10.6 Å². The monoisotopic (exact) mass is 393 g/mol. The Bertz CT molecular complexity index is 942. The lowest BCUT2D eigenvalue weighted by atomic mass is 10.2. The number of rotatable bonds is 6. The number of aryl methyl sites for hydroxylation is 1. The fourth-order valence-corrected chi connectivity index (χ4v) is 3.49. The summed E-state index contributed by atoms with van der Waals surface area (Å²) in [6.45, 7) is 1.70. The van der Waals surface area contributed by atoms with Gasteiger partial charge in [-0.2, -0.15) is 0 Å². The minimum atomic E-state index is -3.62. The van der Waals surface area contributed by atoms with Crippen LogP contribution in [0.5, 0.6) is 11.5 Å². The molecule has 9 heteroatoms. The summed E-state index contributed by atoms with van der Waals surface area (Å²) in [5.41, 5.74) is 1.35. The lowest BCUT2D eigenvalue weighted by Crippen LogP contribution is -2.24. The van der Waals surface area contributed by atoms with E-state index < -0.39 is 16.1 Å². The molecule has 0 radical (unpaired) electrons. The van der Waals surface area contributed by atoms with Gasteiger partial charge in [0.05, 0.1) is 24.8 Å². The van der Waals surface area contributed by atoms with E-state index in [1.807, 2.05) is 0 Å². The smallest absolute Gasteiger partial charge is 0.323 e. The Kier molecular flexibility index (Phi) is 6.29. The zero-order valence-corrected chi connectivity index (χ0v) is 16.7. The molecule has 0 aliphatic rings. The van der Waals surface area contributed by atoms with Crippen LogP contribution < -0.4 is 20.1 Å². The highest BCUT2D eigenvalue weighted by Gasteiger charge is 2.20. The maximum absolute atomic E-state index is 12.4. The molecule has 2 aromatic carbocycles. The predicted molar refractivity (Wildman–Crippen MR) is 104 cm³/mol. The van der Waals surface area contributed by atoms with Crippen molar-refractivity contribution in [2.45, 2.75) is 11.8 Å². The third-order valence-corrected chi connectivity index (χ3v) is 5.82. The van der Waals surface area contributed by atoms with Crippen molar-refractivity contribution in [3.05, 3.63) is 42.0 Å². The molecule has 2 amide bonds. The molecule has 27 heavy (non-hydrogen) atoms. The Morgan fingerprint density at radius 2 is 1.70 bits per heavy atom. The van der Waals surface area contributed by atoms with Crippen LogP contribution in [-0.2, 0) is 10.0 Å². The van der Waals surface area contributed by atoms with Crippen molar-refractivity contribution in [2.75, 3.05) is 38.9 Å². The molecule has 0 fully saturated rings. The molecule has 0 bridgehead atoms. The maximum atomic E-state index is 12.4. The number of hydrogen-bond acceptors (Lipinski definition) is 5. The number of carbonyl (C=O) groups is 1. The summed E-state index contributed by atoms with van der Waals surface area (Å²) in [5.74, 6) is 1.02. The van der Waals surface area contributed by atoms with Gasteiger partial charge in [0, 0.05) is 25.8 Å². The average molecular weight is 393 g/mol. The summed E-state index contributed by atoms with van der Waals surface area (Å²) in [4.78, 5) is 12.5. The molecule has 0 saturated carbocycles. The first-order valence-corrected chi connectivity index (χ1v) is 9.46. The first-order chi connectivity index (χ1) is 12.7. The van der Waals surface area contributed by atoms with E-state index >= 15 is 0 Å². The maximum Gasteiger partial charge on any atom is 0.323 e. The lowest BCUT2D eigenvalue weighted by molar-refractivity contribution is 0.262. The van der Waals surface area contributed by atoms with Crippen molar-refractivity contribution in [2.24, 2.45) is 0 Å². The molecule has 0 aromatic heterocycles. The molecule has 0 aliphatic heterocycles. The number of sulfonamides is 1. The lowest BCUT2D eigenvalue weighted by Gasteiger charge is -2.16. The zero-order valence-electron chi connectivity index (χ0n) is 15.9. The molecule has 8 nitrogen and oxygen atoms in total. The zero-order chi connectivity index (χ0) is 20.2. The largest absolute Gasteiger partial charge is 0.497 e. The number of methoxy groups -OCH3 is 2. The minimum absolute atomic E-state index is 0.129. The summed E-state index contributed by atoms with van der Waals surface area (Å²) >= 11 is 0. The molecule has 0 heterocycles. The van der Waals surface area contributed by atoms with Gasteiger partial charge in [0.1, 0.15) is 11.5 Å². The van der Waals surface area contributed by atoms with Crippen molar-refractivity contribution in [3.8, 4) is 11.5 Å². The van der Waals surface area contributed by atoms with Gasteiger partial charge >= 0.3 is 6.03 Å². The van der Waals surface area contributed by atoms with Crippen LogP contribution in [0.1, 0.15) is 5.56 Å². The highest BCUT2D eigenvalue weighted by molar-refractivity contribution is 7.89. The highest BCUT2D eigenvalue weighted by atomic mass is 32.2. The number of amides is 2. The van der Waals surface area contributed by atoms with Crippen molar-refractivity contribution in [1.82, 2.24) is 4.31 Å². The van der Waals surface area contributed by atoms with Crippen molar-refractivity contribution >= 4 is 27.4 Å². The van der Waals surface area contributed by atoms with E-state index in [0.717, 1.165) is 4.31 Å². The second kappa shape index (κ2) is 8.28. The number of urea groups is 1. The fraction of sp³-hybridized carbons (Fsp3) is 0.278. The molecule has 2 N–H and O–H groups in total. The Balaban J connectivity index is 2.25. The highest BCUT2D eigenvalue weighted by Crippen LogP contribution is 2.29. The summed E-state index contributed by atoms with van der Waals surface area (Å²) < 4.78 is 36.3. The van der Waals surface area contributed by atoms with Crippen LogP contribution >= 0.6 is 0 Å². The molecular weight excluding hydrogens is 370 g/mol. The Hall–Kier alpha value is -2.78. The Labute approximate surface area is 159 Å². The second-order valence-corrected chi connectivity index (χ2v) is 8.03. The number of nitrogens with one attached hydrogen (secondary N) is 2. The van der Waals surface area contributed by atoms with Crippen LogP contribution in [0.3, 0.4) is 0 Å². The molecular formula is C18H23N3O5S. The van der Waals surface area contributed by atoms with Gasteiger partial charge in [-0.25, -0.2) is 17.5 Å². The molecule has 2 aromatic rings. The van der Waals surface area contributed by atoms with Gasteiger partial charge in [-0.15, -0.1) is 0 Å². The summed E-state index contributed by atoms with van der Waals surface area (Å²) in [6, 6.07) is 9.15. The summed E-state index contributed by atoms with van der Waals surface area (Å²) in [5, 5.41) is 5.29. The number of anilines is 2. The van der Waals surface area contributed by atoms with Crippen LogP contribution in [-0.4, -0.2) is 47.1 Å². The van der Waals surface area contributed by atoms with Crippen molar-refractivity contribution < 1.29 is 22.7 Å². The molecule has 0 aliphatic carbocycles. The fourth-order valence-electron chi connectivity index (χ4n) is 2.35. The predicted octanol–water partition coefficient (Wildman–Crippen LogP) is 2.91. The third-order valence-electron chi connectivity index (χ3n) is 3.86. The standard InChI is InChI=1S/C18H23N3O5S/c1-12-6-7-13(10-17(12)27(23,24)21(2)3)19-18(22)20-15-11-14(25-4)8-9-16(15)26-5/h6-11H,1-5H3,(H2,19,20,22). The number of nitrogens with zero attached hydrogens (tertiary/aromatic N) is 1. The molecule has 0 saturated heterocycles. The molecule has 2 rings (SSSR count). The Morgan fingerprint density at radius 1 is 1.00 bits per heavy atom. The van der Waals surface area contributed by atoms with Crippen LogP contribution in [0, 0.1) is 6.92 Å². The number of ether oxygens (including phenoxy) is 2. The van der Waals surface area contributed by atoms with Crippen LogP contribution in [0.25, 0.3) is 0 Å². The normalized spacial score (nSPS) is 11.2. The van der Waals surface area contributed by atoms with Crippen molar-refractivity contribution in [3.63, 3.8) is 0 Å². The van der Waals surface area contributed by atoms with Gasteiger partial charge in [0.25, 0.3) is 0 Å². The van der Waals surface area contributed by atoms with Crippen LogP contribution in [0.2, 0.25) is 0 Å². The first kappa shape index (κ1) is 20.5. The van der Waals surface area contributed by atoms with E-state index in [0.29, 0.717) is 28.4 Å². The van der Waals surface area contributed by atoms with E-state index in [-0.39, 0.29) is 4.90 Å². The first-order valence-electron chi connectivity index (χ1n) is 8.02. The van der Waals surface area contributed by atoms with Gasteiger partial charge in [0.2, 0.25) is 10.0 Å². The van der Waals surface area contributed by atoms with Gasteiger partial charge in [-0.3, -0.25) is 0 Å². The number of benzene rings is 2. The molecule has 146 valence electrons. The second-order valence-electron chi connectivity index (χ2n) is 5.91. The molecule has 0 atom stereocenters. The Morgan fingerprint density at radius 3 is 2.30 bits per heavy atom. The molecule has 0 spiro atoms. The topological polar surface area (TPSA) is 97.0 Å². The van der Waals surface area contributed by atoms with Gasteiger partial charge in [0.15, 0.2) is 0 Å². The third kappa shape index (κ3) is 4.69. The van der Waals surface area contributed by atoms with Crippen molar-refractivity contribution in [1.29, 1.82) is 0 Å². The molecule has 0 unspecified atom stereocenters. The number of hydrogen-bond donors (Lipinski definition) is 2. The summed E-state index contributed by atoms with van der Waals surface area (Å²) in [7, 11) is 2.30. The summed E-state index contributed by atoms with van der Waals surface area (Å²) in [6.07, 6.45) is 0. The minimum Gasteiger partial charge on any atom is -0.497 e. The van der Waals surface area contributed by atoms with Crippen LogP contribution in [0.15, 0.2) is 41.3 Å². The van der Waals surface area contributed by atoms with E-state index in [9.17, 15) is 13.2 Å². The van der Waals surface area contributed by atoms with Gasteiger partial charge in [-0.1, -0.05) is 6.07 Å². The van der Waals surface area contributed by atoms with E-state index in [4.69, 9.17) is 9.47 Å². The average Bonchev–Trinajstić information content (AvgIpc) is 2.62. The van der Waals surface area contributed by atoms with Crippen LogP contribution in [0.4, 0.5) is 16.2 Å². The van der Waals surface area contributed by atoms with E-state index in [1.54, 1.807) is 37.3 Å². The van der Waals surface area contributed by atoms with E-state index in [1.165, 1.54) is 34.4 Å².